The maximum absolute atomic E-state index is 14.0. The van der Waals surface area contributed by atoms with E-state index in [1.807, 2.05) is 0 Å². The minimum atomic E-state index is -4.87. The van der Waals surface area contributed by atoms with Gasteiger partial charge in [0.25, 0.3) is 0 Å². The first-order chi connectivity index (χ1) is 14.0. The predicted octanol–water partition coefficient (Wildman–Crippen LogP) is 2.45. The van der Waals surface area contributed by atoms with Crippen molar-refractivity contribution in [2.45, 2.75) is 17.6 Å². The molecular weight excluding hydrogens is 425 g/mol. The molecule has 8 nitrogen and oxygen atoms in total. The van der Waals surface area contributed by atoms with Gasteiger partial charge >= 0.3 is 12.1 Å². The Hall–Kier alpha value is -3.25. The first kappa shape index (κ1) is 21.5. The average Bonchev–Trinajstić information content (AvgIpc) is 3.07. The van der Waals surface area contributed by atoms with Crippen LogP contribution in [-0.2, 0) is 32.3 Å². The summed E-state index contributed by atoms with van der Waals surface area (Å²) in [5.41, 5.74) is -1.19. The van der Waals surface area contributed by atoms with E-state index >= 15 is 0 Å². The summed E-state index contributed by atoms with van der Waals surface area (Å²) in [6.45, 7) is -0.765. The zero-order chi connectivity index (χ0) is 22.1. The molecule has 0 saturated heterocycles. The number of halogens is 3. The highest BCUT2D eigenvalue weighted by atomic mass is 32.2. The van der Waals surface area contributed by atoms with Gasteiger partial charge in [0.15, 0.2) is 5.69 Å². The molecule has 0 spiro atoms. The Labute approximate surface area is 169 Å². The van der Waals surface area contributed by atoms with Crippen LogP contribution in [-0.4, -0.2) is 36.3 Å². The normalized spacial score (nSPS) is 12.0. The number of nitrogens with two attached hydrogens (primary N) is 1. The third-order valence-corrected chi connectivity index (χ3v) is 5.08. The number of esters is 1. The van der Waals surface area contributed by atoms with Gasteiger partial charge in [-0.25, -0.2) is 18.2 Å². The van der Waals surface area contributed by atoms with Gasteiger partial charge in [0.2, 0.25) is 10.0 Å². The molecule has 3 aromatic rings. The van der Waals surface area contributed by atoms with Crippen LogP contribution in [0.3, 0.4) is 0 Å². The fourth-order valence-electron chi connectivity index (χ4n) is 2.85. The zero-order valence-electron chi connectivity index (χ0n) is 15.4. The molecule has 2 N–H and O–H groups in total. The van der Waals surface area contributed by atoms with Crippen molar-refractivity contribution >= 4 is 16.0 Å². The maximum Gasteiger partial charge on any atom is 0.433 e. The van der Waals surface area contributed by atoms with Crippen molar-refractivity contribution in [2.24, 2.45) is 5.14 Å². The van der Waals surface area contributed by atoms with Crippen molar-refractivity contribution in [1.82, 2.24) is 14.8 Å². The minimum absolute atomic E-state index is 0.0395. The van der Waals surface area contributed by atoms with Gasteiger partial charge in [0.05, 0.1) is 12.0 Å². The quantitative estimate of drug-likeness (QED) is 0.609. The molecule has 0 aliphatic rings. The molecular formula is C18H15F3N4O4S. The molecule has 12 heteroatoms. The molecule has 0 atom stereocenters. The number of aromatic nitrogens is 3. The van der Waals surface area contributed by atoms with Gasteiger partial charge in [-0.1, -0.05) is 12.1 Å². The summed E-state index contributed by atoms with van der Waals surface area (Å²) in [7, 11) is -2.98. The van der Waals surface area contributed by atoms with Crippen LogP contribution in [0, 0.1) is 0 Å². The van der Waals surface area contributed by atoms with Crippen LogP contribution in [0.1, 0.15) is 5.69 Å². The minimum Gasteiger partial charge on any atom is -0.468 e. The van der Waals surface area contributed by atoms with Gasteiger partial charge in [0, 0.05) is 23.5 Å². The smallest absolute Gasteiger partial charge is 0.433 e. The monoisotopic (exact) mass is 440 g/mol. The second kappa shape index (κ2) is 7.88. The number of carbonyl (C=O) groups excluding carboxylic acids is 1. The molecule has 30 heavy (non-hydrogen) atoms. The van der Waals surface area contributed by atoms with Gasteiger partial charge in [-0.3, -0.25) is 9.78 Å². The first-order valence-electron chi connectivity index (χ1n) is 8.31. The summed E-state index contributed by atoms with van der Waals surface area (Å²) in [5.74, 6) is -0.916. The molecule has 2 aromatic heterocycles. The Morgan fingerprint density at radius 2 is 1.70 bits per heavy atom. The molecule has 0 fully saturated rings. The number of carbonyl (C=O) groups is 1. The SMILES string of the molecule is COC(=O)Cn1nc(-c2ccncc2)c(-c2ccc(S(N)(=O)=O)cc2)c1C(F)(F)F. The van der Waals surface area contributed by atoms with E-state index in [9.17, 15) is 26.4 Å². The van der Waals surface area contributed by atoms with Gasteiger partial charge < -0.3 is 4.74 Å². The van der Waals surface area contributed by atoms with Crippen molar-refractivity contribution in [3.8, 4) is 22.4 Å². The van der Waals surface area contributed by atoms with Gasteiger partial charge in [-0.2, -0.15) is 18.3 Å². The summed E-state index contributed by atoms with van der Waals surface area (Å²) in [6, 6.07) is 7.51. The standard InChI is InChI=1S/C18H15F3N4O4S/c1-29-14(26)10-25-17(18(19,20)21)15(16(24-25)12-6-8-23-9-7-12)11-2-4-13(5-3-11)30(22,27)28/h2-9H,10H2,1H3,(H2,22,27,28). The van der Waals surface area contributed by atoms with E-state index in [0.29, 0.717) is 10.2 Å². The highest BCUT2D eigenvalue weighted by molar-refractivity contribution is 7.89. The van der Waals surface area contributed by atoms with E-state index in [1.54, 1.807) is 0 Å². The lowest BCUT2D eigenvalue weighted by atomic mass is 9.99. The van der Waals surface area contributed by atoms with E-state index in [2.05, 4.69) is 14.8 Å². The van der Waals surface area contributed by atoms with Crippen molar-refractivity contribution in [3.05, 3.63) is 54.5 Å². The average molecular weight is 440 g/mol. The van der Waals surface area contributed by atoms with Gasteiger partial charge in [-0.15, -0.1) is 0 Å². The molecule has 158 valence electrons. The summed E-state index contributed by atoms with van der Waals surface area (Å²) in [4.78, 5) is 15.3. The van der Waals surface area contributed by atoms with Crippen LogP contribution in [0.25, 0.3) is 22.4 Å². The Balaban J connectivity index is 2.31. The number of benzene rings is 1. The molecule has 2 heterocycles. The Morgan fingerprint density at radius 1 is 1.10 bits per heavy atom. The third-order valence-electron chi connectivity index (χ3n) is 4.15. The lowest BCUT2D eigenvalue weighted by molar-refractivity contribution is -0.148. The van der Waals surface area contributed by atoms with Crippen molar-refractivity contribution in [3.63, 3.8) is 0 Å². The number of hydrogen-bond donors (Lipinski definition) is 1. The molecule has 1 aromatic carbocycles. The van der Waals surface area contributed by atoms with Crippen LogP contribution in [0.2, 0.25) is 0 Å². The van der Waals surface area contributed by atoms with Crippen LogP contribution in [0.4, 0.5) is 13.2 Å². The summed E-state index contributed by atoms with van der Waals surface area (Å²) < 4.78 is 70.0. The molecule has 0 bridgehead atoms. The lowest BCUT2D eigenvalue weighted by Gasteiger charge is -2.13. The van der Waals surface area contributed by atoms with Crippen LogP contribution in [0.15, 0.2) is 53.7 Å². The largest absolute Gasteiger partial charge is 0.468 e. The van der Waals surface area contributed by atoms with Crippen LogP contribution < -0.4 is 5.14 Å². The number of sulfonamides is 1. The van der Waals surface area contributed by atoms with Crippen molar-refractivity contribution in [1.29, 1.82) is 0 Å². The van der Waals surface area contributed by atoms with Crippen molar-refractivity contribution in [2.75, 3.05) is 7.11 Å². The highest BCUT2D eigenvalue weighted by Crippen LogP contribution is 2.42. The number of pyridine rings is 1. The molecule has 0 amide bonds. The van der Waals surface area contributed by atoms with E-state index in [0.717, 1.165) is 19.2 Å². The number of hydrogen-bond acceptors (Lipinski definition) is 6. The van der Waals surface area contributed by atoms with E-state index in [-0.39, 0.29) is 21.7 Å². The Bertz CT molecular complexity index is 1170. The summed E-state index contributed by atoms with van der Waals surface area (Å²) in [5, 5.41) is 9.06. The number of ether oxygens (including phenoxy) is 1. The highest BCUT2D eigenvalue weighted by Gasteiger charge is 2.41. The topological polar surface area (TPSA) is 117 Å². The van der Waals surface area contributed by atoms with Gasteiger partial charge in [-0.05, 0) is 29.8 Å². The van der Waals surface area contributed by atoms with Crippen molar-refractivity contribution < 1.29 is 31.1 Å². The number of methoxy groups -OCH3 is 1. The second-order valence-corrected chi connectivity index (χ2v) is 7.67. The number of alkyl halides is 3. The molecule has 0 aliphatic heterocycles. The molecule has 0 aliphatic carbocycles. The molecule has 0 saturated carbocycles. The van der Waals surface area contributed by atoms with Gasteiger partial charge in [0.1, 0.15) is 12.2 Å². The Morgan fingerprint density at radius 3 is 2.20 bits per heavy atom. The van der Waals surface area contributed by atoms with E-state index in [1.165, 1.54) is 36.7 Å². The fraction of sp³-hybridized carbons (Fsp3) is 0.167. The van der Waals surface area contributed by atoms with E-state index < -0.39 is 34.4 Å². The zero-order valence-corrected chi connectivity index (χ0v) is 16.2. The van der Waals surface area contributed by atoms with E-state index in [4.69, 9.17) is 5.14 Å². The Kier molecular flexibility index (Phi) is 5.63. The summed E-state index contributed by atoms with van der Waals surface area (Å²) >= 11 is 0. The lowest BCUT2D eigenvalue weighted by Crippen LogP contribution is -2.20. The molecule has 0 unspecified atom stereocenters. The number of nitrogens with zero attached hydrogens (tertiary/aromatic N) is 3. The summed E-state index contributed by atoms with van der Waals surface area (Å²) in [6.07, 6.45) is -2.11. The number of rotatable bonds is 5. The fourth-order valence-corrected chi connectivity index (χ4v) is 3.36. The first-order valence-corrected chi connectivity index (χ1v) is 9.85. The van der Waals surface area contributed by atoms with Crippen LogP contribution >= 0.6 is 0 Å². The van der Waals surface area contributed by atoms with Crippen LogP contribution in [0.5, 0.6) is 0 Å². The maximum atomic E-state index is 14.0. The molecule has 3 rings (SSSR count). The number of primary sulfonamides is 1. The second-order valence-electron chi connectivity index (χ2n) is 6.11. The third kappa shape index (κ3) is 4.33. The predicted molar refractivity (Wildman–Crippen MR) is 99.3 cm³/mol. The molecule has 0 radical (unpaired) electrons.